The van der Waals surface area contributed by atoms with Crippen LogP contribution in [0.4, 0.5) is 17.3 Å². The number of ether oxygens (including phenoxy) is 1. The lowest BCUT2D eigenvalue weighted by atomic mass is 10.1. The second-order valence-electron chi connectivity index (χ2n) is 5.73. The molecule has 2 N–H and O–H groups in total. The van der Waals surface area contributed by atoms with E-state index in [0.717, 1.165) is 41.6 Å². The first-order valence-corrected chi connectivity index (χ1v) is 7.56. The van der Waals surface area contributed by atoms with E-state index in [2.05, 4.69) is 34.4 Å². The second-order valence-corrected chi connectivity index (χ2v) is 5.73. The summed E-state index contributed by atoms with van der Waals surface area (Å²) in [5, 5.41) is 6.61. The Morgan fingerprint density at radius 1 is 1.14 bits per heavy atom. The molecule has 0 radical (unpaired) electrons. The molecule has 0 bridgehead atoms. The first kappa shape index (κ1) is 16.1. The van der Waals surface area contributed by atoms with Crippen molar-refractivity contribution < 1.29 is 4.74 Å². The lowest BCUT2D eigenvalue weighted by Gasteiger charge is -2.12. The molecule has 0 aliphatic rings. The van der Waals surface area contributed by atoms with Crippen molar-refractivity contribution in [2.24, 2.45) is 5.92 Å². The maximum absolute atomic E-state index is 5.37. The van der Waals surface area contributed by atoms with Gasteiger partial charge in [-0.3, -0.25) is 0 Å². The van der Waals surface area contributed by atoms with Crippen LogP contribution in [-0.4, -0.2) is 23.6 Å². The zero-order chi connectivity index (χ0) is 15.9. The molecule has 118 valence electrons. The predicted octanol–water partition coefficient (Wildman–Crippen LogP) is 4.00. The third-order valence-corrected chi connectivity index (χ3v) is 3.31. The molecule has 0 atom stereocenters. The summed E-state index contributed by atoms with van der Waals surface area (Å²) in [5.74, 6) is 3.03. The Bertz CT molecular complexity index is 613. The van der Waals surface area contributed by atoms with Gasteiger partial charge in [0.1, 0.15) is 23.7 Å². The highest BCUT2D eigenvalue weighted by atomic mass is 16.5. The molecule has 0 spiro atoms. The topological polar surface area (TPSA) is 59.1 Å². The van der Waals surface area contributed by atoms with Crippen LogP contribution in [0.15, 0.2) is 30.6 Å². The molecule has 0 saturated carbocycles. The van der Waals surface area contributed by atoms with Crippen LogP contribution in [0.2, 0.25) is 0 Å². The Labute approximate surface area is 132 Å². The van der Waals surface area contributed by atoms with Crippen LogP contribution in [0.3, 0.4) is 0 Å². The smallest absolute Gasteiger partial charge is 0.142 e. The molecule has 1 heterocycles. The Morgan fingerprint density at radius 2 is 1.91 bits per heavy atom. The number of hydrogen-bond acceptors (Lipinski definition) is 5. The van der Waals surface area contributed by atoms with Crippen molar-refractivity contribution in [3.63, 3.8) is 0 Å². The molecule has 22 heavy (non-hydrogen) atoms. The fourth-order valence-corrected chi connectivity index (χ4v) is 2.07. The van der Waals surface area contributed by atoms with Crippen molar-refractivity contribution in [1.82, 2.24) is 9.97 Å². The number of anilines is 3. The summed E-state index contributed by atoms with van der Waals surface area (Å²) in [5.41, 5.74) is 2.06. The van der Waals surface area contributed by atoms with E-state index < -0.39 is 0 Å². The maximum atomic E-state index is 5.37. The minimum Gasteiger partial charge on any atom is -0.495 e. The number of benzene rings is 1. The molecule has 0 amide bonds. The van der Waals surface area contributed by atoms with Gasteiger partial charge in [-0.05, 0) is 37.0 Å². The SMILES string of the molecule is COc1ccc(C)cc1Nc1cc(NCCC(C)C)ncn1. The lowest BCUT2D eigenvalue weighted by Crippen LogP contribution is -2.07. The number of nitrogens with zero attached hydrogens (tertiary/aromatic N) is 2. The minimum atomic E-state index is 0.670. The second kappa shape index (κ2) is 7.64. The maximum Gasteiger partial charge on any atom is 0.142 e. The van der Waals surface area contributed by atoms with Crippen LogP contribution in [0.25, 0.3) is 0 Å². The Balaban J connectivity index is 2.08. The van der Waals surface area contributed by atoms with Crippen LogP contribution in [0.5, 0.6) is 5.75 Å². The van der Waals surface area contributed by atoms with Crippen molar-refractivity contribution in [2.45, 2.75) is 27.2 Å². The van der Waals surface area contributed by atoms with Gasteiger partial charge in [0, 0.05) is 12.6 Å². The molecular weight excluding hydrogens is 276 g/mol. The van der Waals surface area contributed by atoms with E-state index in [9.17, 15) is 0 Å². The molecule has 1 aromatic carbocycles. The van der Waals surface area contributed by atoms with Gasteiger partial charge < -0.3 is 15.4 Å². The fraction of sp³-hybridized carbons (Fsp3) is 0.412. The molecule has 2 aromatic rings. The number of hydrogen-bond donors (Lipinski definition) is 2. The van der Waals surface area contributed by atoms with Crippen LogP contribution in [-0.2, 0) is 0 Å². The molecule has 0 aliphatic carbocycles. The first-order chi connectivity index (χ1) is 10.6. The van der Waals surface area contributed by atoms with Gasteiger partial charge in [0.15, 0.2) is 0 Å². The van der Waals surface area contributed by atoms with E-state index in [-0.39, 0.29) is 0 Å². The van der Waals surface area contributed by atoms with Gasteiger partial charge in [0.25, 0.3) is 0 Å². The van der Waals surface area contributed by atoms with E-state index in [1.165, 1.54) is 0 Å². The molecule has 0 fully saturated rings. The van der Waals surface area contributed by atoms with E-state index in [0.29, 0.717) is 5.92 Å². The van der Waals surface area contributed by atoms with Crippen molar-refractivity contribution in [1.29, 1.82) is 0 Å². The average molecular weight is 300 g/mol. The molecule has 5 nitrogen and oxygen atoms in total. The van der Waals surface area contributed by atoms with Crippen LogP contribution in [0, 0.1) is 12.8 Å². The monoisotopic (exact) mass is 300 g/mol. The van der Waals surface area contributed by atoms with Gasteiger partial charge in [-0.1, -0.05) is 19.9 Å². The summed E-state index contributed by atoms with van der Waals surface area (Å²) < 4.78 is 5.37. The number of methoxy groups -OCH3 is 1. The third-order valence-electron chi connectivity index (χ3n) is 3.31. The zero-order valence-corrected chi connectivity index (χ0v) is 13.7. The highest BCUT2D eigenvalue weighted by Gasteiger charge is 2.05. The van der Waals surface area contributed by atoms with Crippen molar-refractivity contribution in [3.8, 4) is 5.75 Å². The van der Waals surface area contributed by atoms with Gasteiger partial charge in [-0.2, -0.15) is 0 Å². The van der Waals surface area contributed by atoms with Crippen LogP contribution < -0.4 is 15.4 Å². The average Bonchev–Trinajstić information content (AvgIpc) is 2.47. The lowest BCUT2D eigenvalue weighted by molar-refractivity contribution is 0.416. The van der Waals surface area contributed by atoms with Gasteiger partial charge >= 0.3 is 0 Å². The van der Waals surface area contributed by atoms with Crippen molar-refractivity contribution in [2.75, 3.05) is 24.3 Å². The molecule has 0 aliphatic heterocycles. The first-order valence-electron chi connectivity index (χ1n) is 7.56. The zero-order valence-electron chi connectivity index (χ0n) is 13.7. The molecule has 5 heteroatoms. The number of aryl methyl sites for hydroxylation is 1. The Hall–Kier alpha value is -2.30. The molecule has 0 saturated heterocycles. The highest BCUT2D eigenvalue weighted by Crippen LogP contribution is 2.28. The molecular formula is C17H24N4O. The third kappa shape index (κ3) is 4.62. The van der Waals surface area contributed by atoms with E-state index in [4.69, 9.17) is 4.74 Å². The quantitative estimate of drug-likeness (QED) is 0.809. The van der Waals surface area contributed by atoms with E-state index >= 15 is 0 Å². The minimum absolute atomic E-state index is 0.670. The van der Waals surface area contributed by atoms with Gasteiger partial charge in [-0.15, -0.1) is 0 Å². The standard InChI is InChI=1S/C17H24N4O/c1-12(2)7-8-18-16-10-17(20-11-19-16)21-14-9-13(3)5-6-15(14)22-4/h5-6,9-12H,7-8H2,1-4H3,(H2,18,19,20,21). The van der Waals surface area contributed by atoms with Gasteiger partial charge in [0.05, 0.1) is 12.8 Å². The van der Waals surface area contributed by atoms with Crippen LogP contribution >= 0.6 is 0 Å². The highest BCUT2D eigenvalue weighted by molar-refractivity contribution is 5.66. The fourth-order valence-electron chi connectivity index (χ4n) is 2.07. The number of rotatable bonds is 7. The summed E-state index contributed by atoms with van der Waals surface area (Å²) in [6.45, 7) is 7.36. The summed E-state index contributed by atoms with van der Waals surface area (Å²) in [4.78, 5) is 8.51. The molecule has 0 unspecified atom stereocenters. The summed E-state index contributed by atoms with van der Waals surface area (Å²) >= 11 is 0. The largest absolute Gasteiger partial charge is 0.495 e. The summed E-state index contributed by atoms with van der Waals surface area (Å²) in [6.07, 6.45) is 2.67. The summed E-state index contributed by atoms with van der Waals surface area (Å²) in [7, 11) is 1.66. The number of aromatic nitrogens is 2. The van der Waals surface area contributed by atoms with Gasteiger partial charge in [-0.25, -0.2) is 9.97 Å². The number of nitrogens with one attached hydrogen (secondary N) is 2. The van der Waals surface area contributed by atoms with E-state index in [1.54, 1.807) is 13.4 Å². The van der Waals surface area contributed by atoms with Crippen molar-refractivity contribution in [3.05, 3.63) is 36.2 Å². The summed E-state index contributed by atoms with van der Waals surface area (Å²) in [6, 6.07) is 7.90. The molecule has 2 rings (SSSR count). The predicted molar refractivity (Wildman–Crippen MR) is 91.0 cm³/mol. The van der Waals surface area contributed by atoms with E-state index in [1.807, 2.05) is 31.2 Å². The van der Waals surface area contributed by atoms with Gasteiger partial charge in [0.2, 0.25) is 0 Å². The van der Waals surface area contributed by atoms with Crippen LogP contribution in [0.1, 0.15) is 25.8 Å². The molecule has 1 aromatic heterocycles. The van der Waals surface area contributed by atoms with Crippen molar-refractivity contribution >= 4 is 17.3 Å². The Morgan fingerprint density at radius 3 is 2.64 bits per heavy atom. The normalized spacial score (nSPS) is 10.6. The Kier molecular flexibility index (Phi) is 5.58.